The number of nitrogens with zero attached hydrogens (tertiary/aromatic N) is 1. The summed E-state index contributed by atoms with van der Waals surface area (Å²) in [5.41, 5.74) is 4.18. The standard InChI is InChI=1S/C5H11N3O2/c1-5(2,3-7-10)8-4(6)9/h3H2,1-2H3,(H3,6,8,9). The smallest absolute Gasteiger partial charge is 0.312 e. The van der Waals surface area contributed by atoms with E-state index < -0.39 is 11.6 Å². The predicted molar refractivity (Wildman–Crippen MR) is 37.5 cm³/mol. The zero-order valence-corrected chi connectivity index (χ0v) is 6.05. The van der Waals surface area contributed by atoms with Gasteiger partial charge in [0.05, 0.1) is 5.54 Å². The molecule has 0 aromatic rings. The molecule has 0 aromatic carbocycles. The molecule has 0 aliphatic heterocycles. The lowest BCUT2D eigenvalue weighted by molar-refractivity contribution is 0.239. The summed E-state index contributed by atoms with van der Waals surface area (Å²) >= 11 is 0. The average molecular weight is 145 g/mol. The third kappa shape index (κ3) is 3.82. The van der Waals surface area contributed by atoms with E-state index in [1.807, 2.05) is 0 Å². The molecule has 2 amide bonds. The second-order valence-electron chi connectivity index (χ2n) is 2.66. The Kier molecular flexibility index (Phi) is 2.79. The summed E-state index contributed by atoms with van der Waals surface area (Å²) < 4.78 is 0. The number of nitrogens with two attached hydrogens (primary N) is 1. The second-order valence-corrected chi connectivity index (χ2v) is 2.66. The van der Waals surface area contributed by atoms with Gasteiger partial charge in [0.15, 0.2) is 0 Å². The number of nitrogens with one attached hydrogen (secondary N) is 1. The molecule has 0 unspecified atom stereocenters. The Morgan fingerprint density at radius 3 is 2.50 bits per heavy atom. The normalized spacial score (nSPS) is 10.6. The van der Waals surface area contributed by atoms with Crippen molar-refractivity contribution in [3.63, 3.8) is 0 Å². The lowest BCUT2D eigenvalue weighted by atomic mass is 10.1. The number of primary amides is 1. The third-order valence-corrected chi connectivity index (χ3v) is 0.921. The largest absolute Gasteiger partial charge is 0.352 e. The molecule has 0 heterocycles. The number of rotatable bonds is 3. The van der Waals surface area contributed by atoms with Crippen molar-refractivity contribution in [1.82, 2.24) is 5.32 Å². The van der Waals surface area contributed by atoms with Crippen LogP contribution < -0.4 is 11.1 Å². The number of carbonyl (C=O) groups excluding carboxylic acids is 1. The van der Waals surface area contributed by atoms with E-state index in [1.54, 1.807) is 13.8 Å². The van der Waals surface area contributed by atoms with Crippen LogP contribution in [0.4, 0.5) is 4.79 Å². The van der Waals surface area contributed by atoms with E-state index in [1.165, 1.54) is 0 Å². The first-order valence-electron chi connectivity index (χ1n) is 2.85. The zero-order chi connectivity index (χ0) is 8.20. The predicted octanol–water partition coefficient (Wildman–Crippen LogP) is 0.200. The molecule has 0 aliphatic carbocycles. The van der Waals surface area contributed by atoms with Gasteiger partial charge in [-0.3, -0.25) is 0 Å². The summed E-state index contributed by atoms with van der Waals surface area (Å²) in [6.45, 7) is 3.36. The van der Waals surface area contributed by atoms with Crippen LogP contribution in [0.15, 0.2) is 5.18 Å². The van der Waals surface area contributed by atoms with Gasteiger partial charge < -0.3 is 11.1 Å². The molecule has 0 atom stereocenters. The Labute approximate surface area is 58.9 Å². The van der Waals surface area contributed by atoms with Gasteiger partial charge >= 0.3 is 6.03 Å². The molecule has 0 saturated carbocycles. The molecule has 0 aliphatic rings. The quantitative estimate of drug-likeness (QED) is 0.556. The van der Waals surface area contributed by atoms with E-state index in [0.717, 1.165) is 0 Å². The van der Waals surface area contributed by atoms with Gasteiger partial charge in [-0.1, -0.05) is 5.18 Å². The minimum Gasteiger partial charge on any atom is -0.352 e. The molecule has 0 saturated heterocycles. The van der Waals surface area contributed by atoms with Gasteiger partial charge in [-0.2, -0.15) is 4.91 Å². The van der Waals surface area contributed by atoms with Gasteiger partial charge in [0.1, 0.15) is 6.54 Å². The maximum atomic E-state index is 10.3. The van der Waals surface area contributed by atoms with E-state index in [4.69, 9.17) is 5.73 Å². The maximum absolute atomic E-state index is 10.3. The van der Waals surface area contributed by atoms with Crippen LogP contribution in [0.3, 0.4) is 0 Å². The molecule has 0 spiro atoms. The van der Waals surface area contributed by atoms with Crippen molar-refractivity contribution < 1.29 is 4.79 Å². The van der Waals surface area contributed by atoms with Crippen molar-refractivity contribution in [2.24, 2.45) is 10.9 Å². The number of carbonyl (C=O) groups is 1. The van der Waals surface area contributed by atoms with Crippen LogP contribution in [0.25, 0.3) is 0 Å². The fraction of sp³-hybridized carbons (Fsp3) is 0.800. The van der Waals surface area contributed by atoms with Gasteiger partial charge in [0.25, 0.3) is 0 Å². The minimum absolute atomic E-state index is 0.0237. The second kappa shape index (κ2) is 3.14. The summed E-state index contributed by atoms with van der Waals surface area (Å²) in [7, 11) is 0. The van der Waals surface area contributed by atoms with E-state index in [9.17, 15) is 9.70 Å². The fourth-order valence-electron chi connectivity index (χ4n) is 0.534. The number of nitroso groups, excluding NO2 is 1. The molecule has 0 radical (unpaired) electrons. The molecular weight excluding hydrogens is 134 g/mol. The Morgan fingerprint density at radius 2 is 2.20 bits per heavy atom. The van der Waals surface area contributed by atoms with Gasteiger partial charge in [-0.15, -0.1) is 0 Å². The number of urea groups is 1. The van der Waals surface area contributed by atoms with Crippen molar-refractivity contribution in [3.8, 4) is 0 Å². The summed E-state index contributed by atoms with van der Waals surface area (Å²) in [6.07, 6.45) is 0. The molecule has 0 fully saturated rings. The molecule has 0 rings (SSSR count). The highest BCUT2D eigenvalue weighted by atomic mass is 16.3. The molecule has 3 N–H and O–H groups in total. The number of hydrogen-bond acceptors (Lipinski definition) is 3. The Hall–Kier alpha value is -1.13. The van der Waals surface area contributed by atoms with Crippen LogP contribution in [-0.2, 0) is 0 Å². The zero-order valence-electron chi connectivity index (χ0n) is 6.05. The number of hydrogen-bond donors (Lipinski definition) is 2. The van der Waals surface area contributed by atoms with Crippen molar-refractivity contribution in [2.45, 2.75) is 19.4 Å². The lowest BCUT2D eigenvalue weighted by Gasteiger charge is -2.20. The minimum atomic E-state index is -0.645. The Bertz CT molecular complexity index is 144. The summed E-state index contributed by atoms with van der Waals surface area (Å²) in [5.74, 6) is 0. The van der Waals surface area contributed by atoms with Gasteiger partial charge in [0.2, 0.25) is 0 Å². The van der Waals surface area contributed by atoms with E-state index in [-0.39, 0.29) is 6.54 Å². The van der Waals surface area contributed by atoms with E-state index in [0.29, 0.717) is 0 Å². The first-order valence-corrected chi connectivity index (χ1v) is 2.85. The lowest BCUT2D eigenvalue weighted by Crippen LogP contribution is -2.48. The molecule has 5 nitrogen and oxygen atoms in total. The SMILES string of the molecule is CC(C)(CN=O)NC(N)=O. The van der Waals surface area contributed by atoms with Crippen LogP contribution in [-0.4, -0.2) is 18.1 Å². The van der Waals surface area contributed by atoms with Crippen molar-refractivity contribution in [3.05, 3.63) is 4.91 Å². The Morgan fingerprint density at radius 1 is 1.70 bits per heavy atom. The van der Waals surface area contributed by atoms with Crippen LogP contribution in [0.5, 0.6) is 0 Å². The fourth-order valence-corrected chi connectivity index (χ4v) is 0.534. The van der Waals surface area contributed by atoms with Crippen LogP contribution in [0, 0.1) is 4.91 Å². The molecule has 0 aromatic heterocycles. The van der Waals surface area contributed by atoms with Crippen LogP contribution >= 0.6 is 0 Å². The highest BCUT2D eigenvalue weighted by Crippen LogP contribution is 2.00. The van der Waals surface area contributed by atoms with Crippen molar-refractivity contribution in [1.29, 1.82) is 0 Å². The first kappa shape index (κ1) is 8.87. The first-order chi connectivity index (χ1) is 4.48. The molecular formula is C5H11N3O2. The number of amides is 2. The highest BCUT2D eigenvalue weighted by Gasteiger charge is 2.18. The topological polar surface area (TPSA) is 84.6 Å². The van der Waals surface area contributed by atoms with Gasteiger partial charge in [0, 0.05) is 0 Å². The average Bonchev–Trinajstić information content (AvgIpc) is 1.59. The summed E-state index contributed by atoms with van der Waals surface area (Å²) in [4.78, 5) is 20.0. The summed E-state index contributed by atoms with van der Waals surface area (Å²) in [5, 5.41) is 5.01. The Balaban J connectivity index is 3.85. The van der Waals surface area contributed by atoms with Gasteiger partial charge in [-0.05, 0) is 13.8 Å². The molecule has 0 bridgehead atoms. The maximum Gasteiger partial charge on any atom is 0.312 e. The molecule has 5 heteroatoms. The van der Waals surface area contributed by atoms with E-state index in [2.05, 4.69) is 10.5 Å². The highest BCUT2D eigenvalue weighted by molar-refractivity contribution is 5.72. The third-order valence-electron chi connectivity index (χ3n) is 0.921. The van der Waals surface area contributed by atoms with Crippen LogP contribution in [0.2, 0.25) is 0 Å². The van der Waals surface area contributed by atoms with Crippen molar-refractivity contribution in [2.75, 3.05) is 6.54 Å². The van der Waals surface area contributed by atoms with E-state index >= 15 is 0 Å². The monoisotopic (exact) mass is 145 g/mol. The van der Waals surface area contributed by atoms with Gasteiger partial charge in [-0.25, -0.2) is 4.79 Å². The summed E-state index contributed by atoms with van der Waals surface area (Å²) in [6, 6.07) is -0.645. The van der Waals surface area contributed by atoms with Crippen LogP contribution in [0.1, 0.15) is 13.8 Å². The van der Waals surface area contributed by atoms with Crippen molar-refractivity contribution >= 4 is 6.03 Å². The molecule has 58 valence electrons. The molecule has 10 heavy (non-hydrogen) atoms.